The van der Waals surface area contributed by atoms with E-state index in [4.69, 9.17) is 4.74 Å². The molecule has 0 radical (unpaired) electrons. The van der Waals surface area contributed by atoms with Crippen LogP contribution in [0.1, 0.15) is 31.2 Å². The lowest BCUT2D eigenvalue weighted by atomic mass is 9.95. The zero-order valence-electron chi connectivity index (χ0n) is 16.0. The summed E-state index contributed by atoms with van der Waals surface area (Å²) in [4.78, 5) is 29.4. The van der Waals surface area contributed by atoms with Crippen molar-refractivity contribution in [3.63, 3.8) is 0 Å². The number of rotatable bonds is 7. The number of benzene rings is 1. The second kappa shape index (κ2) is 8.78. The van der Waals surface area contributed by atoms with Crippen molar-refractivity contribution in [1.82, 2.24) is 9.80 Å². The third kappa shape index (κ3) is 4.73. The highest BCUT2D eigenvalue weighted by Gasteiger charge is 2.37. The first kappa shape index (κ1) is 19.0. The molecule has 2 heterocycles. The van der Waals surface area contributed by atoms with Crippen LogP contribution in [0.4, 0.5) is 0 Å². The van der Waals surface area contributed by atoms with E-state index in [9.17, 15) is 9.59 Å². The average molecular weight is 399 g/mol. The van der Waals surface area contributed by atoms with Gasteiger partial charge in [0.2, 0.25) is 5.91 Å². The fraction of sp³-hybridized carbons (Fsp3) is 0.455. The Balaban J connectivity index is 1.27. The smallest absolute Gasteiger partial charge is 0.260 e. The quantitative estimate of drug-likeness (QED) is 0.717. The molecule has 2 aliphatic rings. The lowest BCUT2D eigenvalue weighted by Gasteiger charge is -2.34. The van der Waals surface area contributed by atoms with Gasteiger partial charge in [0.25, 0.3) is 5.91 Å². The predicted octanol–water partition coefficient (Wildman–Crippen LogP) is 3.56. The second-order valence-electron chi connectivity index (χ2n) is 7.59. The molecule has 6 heteroatoms. The predicted molar refractivity (Wildman–Crippen MR) is 109 cm³/mol. The molecule has 2 aromatic rings. The molecule has 28 heavy (non-hydrogen) atoms. The monoisotopic (exact) mass is 398 g/mol. The van der Waals surface area contributed by atoms with E-state index in [2.05, 4.69) is 21.7 Å². The van der Waals surface area contributed by atoms with Crippen molar-refractivity contribution < 1.29 is 14.3 Å². The Hall–Kier alpha value is -2.34. The molecular formula is C22H26N2O3S. The SMILES string of the molecule is O=C(COc1ccccc1)N1CCC(C(=O)N(Cc2ccsc2)C2CC2)CC1. The Morgan fingerprint density at radius 1 is 1.07 bits per heavy atom. The van der Waals surface area contributed by atoms with Crippen molar-refractivity contribution in [2.24, 2.45) is 5.92 Å². The number of ether oxygens (including phenoxy) is 1. The minimum atomic E-state index is -0.00734. The first-order chi connectivity index (χ1) is 13.7. The van der Waals surface area contributed by atoms with Crippen LogP contribution in [0.3, 0.4) is 0 Å². The molecule has 5 nitrogen and oxygen atoms in total. The van der Waals surface area contributed by atoms with Gasteiger partial charge in [-0.2, -0.15) is 11.3 Å². The molecule has 1 saturated carbocycles. The van der Waals surface area contributed by atoms with Crippen molar-refractivity contribution in [3.05, 3.63) is 52.7 Å². The highest BCUT2D eigenvalue weighted by molar-refractivity contribution is 7.07. The molecule has 0 N–H and O–H groups in total. The van der Waals surface area contributed by atoms with Crippen molar-refractivity contribution in [2.45, 2.75) is 38.3 Å². The maximum absolute atomic E-state index is 13.1. The van der Waals surface area contributed by atoms with Gasteiger partial charge >= 0.3 is 0 Å². The summed E-state index contributed by atoms with van der Waals surface area (Å²) in [6, 6.07) is 11.9. The van der Waals surface area contributed by atoms with E-state index < -0.39 is 0 Å². The second-order valence-corrected chi connectivity index (χ2v) is 8.37. The molecule has 2 amide bonds. The van der Waals surface area contributed by atoms with Gasteiger partial charge in [0, 0.05) is 31.6 Å². The maximum atomic E-state index is 13.1. The van der Waals surface area contributed by atoms with Crippen molar-refractivity contribution in [3.8, 4) is 5.75 Å². The maximum Gasteiger partial charge on any atom is 0.260 e. The Morgan fingerprint density at radius 3 is 2.46 bits per heavy atom. The van der Waals surface area contributed by atoms with Gasteiger partial charge in [-0.25, -0.2) is 0 Å². The zero-order valence-corrected chi connectivity index (χ0v) is 16.8. The highest BCUT2D eigenvalue weighted by atomic mass is 32.1. The largest absolute Gasteiger partial charge is 0.484 e. The standard InChI is InChI=1S/C22H26N2O3S/c25-21(15-27-20-4-2-1-3-5-20)23-11-8-18(9-12-23)22(26)24(19-6-7-19)14-17-10-13-28-16-17/h1-5,10,13,16,18-19H,6-9,11-12,14-15H2. The van der Waals surface area contributed by atoms with Crippen LogP contribution in [-0.4, -0.2) is 47.4 Å². The lowest BCUT2D eigenvalue weighted by molar-refractivity contribution is -0.142. The number of carbonyl (C=O) groups excluding carboxylic acids is 2. The Labute approximate surface area is 169 Å². The van der Waals surface area contributed by atoms with E-state index in [1.165, 1.54) is 5.56 Å². The van der Waals surface area contributed by atoms with Gasteiger partial charge in [0.15, 0.2) is 6.61 Å². The van der Waals surface area contributed by atoms with Crippen LogP contribution in [0.2, 0.25) is 0 Å². The van der Waals surface area contributed by atoms with Gasteiger partial charge in [-0.15, -0.1) is 0 Å². The van der Waals surface area contributed by atoms with Gasteiger partial charge in [-0.3, -0.25) is 9.59 Å². The molecule has 2 fully saturated rings. The van der Waals surface area contributed by atoms with Gasteiger partial charge < -0.3 is 14.5 Å². The van der Waals surface area contributed by atoms with Crippen LogP contribution in [0, 0.1) is 5.92 Å². The Morgan fingerprint density at radius 2 is 1.82 bits per heavy atom. The minimum Gasteiger partial charge on any atom is -0.484 e. The van der Waals surface area contributed by atoms with E-state index in [0.717, 1.165) is 32.2 Å². The van der Waals surface area contributed by atoms with Crippen LogP contribution >= 0.6 is 11.3 Å². The van der Waals surface area contributed by atoms with E-state index in [0.29, 0.717) is 24.9 Å². The molecule has 4 rings (SSSR count). The summed E-state index contributed by atoms with van der Waals surface area (Å²) < 4.78 is 5.57. The molecule has 1 aromatic carbocycles. The number of piperidine rings is 1. The molecule has 0 atom stereocenters. The zero-order chi connectivity index (χ0) is 19.3. The summed E-state index contributed by atoms with van der Waals surface area (Å²) >= 11 is 1.67. The van der Waals surface area contributed by atoms with Crippen LogP contribution in [0.25, 0.3) is 0 Å². The number of nitrogens with zero attached hydrogens (tertiary/aromatic N) is 2. The summed E-state index contributed by atoms with van der Waals surface area (Å²) in [5.74, 6) is 0.987. The number of amides is 2. The average Bonchev–Trinajstić information content (AvgIpc) is 3.46. The molecule has 0 bridgehead atoms. The van der Waals surface area contributed by atoms with E-state index >= 15 is 0 Å². The number of thiophene rings is 1. The van der Waals surface area contributed by atoms with Crippen LogP contribution < -0.4 is 4.74 Å². The number of para-hydroxylation sites is 1. The summed E-state index contributed by atoms with van der Waals surface area (Å²) in [7, 11) is 0. The lowest BCUT2D eigenvalue weighted by Crippen LogP contribution is -2.46. The topological polar surface area (TPSA) is 49.9 Å². The van der Waals surface area contributed by atoms with E-state index in [1.54, 1.807) is 11.3 Å². The minimum absolute atomic E-state index is 0.00734. The van der Waals surface area contributed by atoms with Crippen LogP contribution in [-0.2, 0) is 16.1 Å². The third-order valence-corrected chi connectivity index (χ3v) is 6.24. The normalized spacial score (nSPS) is 17.4. The molecule has 1 aliphatic heterocycles. The summed E-state index contributed by atoms with van der Waals surface area (Å²) in [6.07, 6.45) is 3.71. The first-order valence-electron chi connectivity index (χ1n) is 9.98. The first-order valence-corrected chi connectivity index (χ1v) is 10.9. The third-order valence-electron chi connectivity index (χ3n) is 5.51. The number of likely N-dealkylation sites (tertiary alicyclic amines) is 1. The Bertz CT molecular complexity index is 781. The molecule has 1 aliphatic carbocycles. The van der Waals surface area contributed by atoms with Crippen LogP contribution in [0.5, 0.6) is 5.75 Å². The van der Waals surface area contributed by atoms with Gasteiger partial charge in [-0.1, -0.05) is 18.2 Å². The van der Waals surface area contributed by atoms with Gasteiger partial charge in [-0.05, 0) is 60.2 Å². The summed E-state index contributed by atoms with van der Waals surface area (Å²) in [5.41, 5.74) is 1.22. The molecule has 0 spiro atoms. The van der Waals surface area contributed by atoms with Crippen molar-refractivity contribution >= 4 is 23.2 Å². The Kier molecular flexibility index (Phi) is 5.95. The summed E-state index contributed by atoms with van der Waals surface area (Å²) in [5, 5.41) is 4.18. The van der Waals surface area contributed by atoms with Gasteiger partial charge in [0.1, 0.15) is 5.75 Å². The number of carbonyl (C=O) groups is 2. The van der Waals surface area contributed by atoms with Crippen molar-refractivity contribution in [1.29, 1.82) is 0 Å². The number of hydrogen-bond acceptors (Lipinski definition) is 4. The summed E-state index contributed by atoms with van der Waals surface area (Å²) in [6.45, 7) is 2.03. The fourth-order valence-electron chi connectivity index (χ4n) is 3.72. The van der Waals surface area contributed by atoms with E-state index in [-0.39, 0.29) is 24.3 Å². The molecule has 148 valence electrons. The molecule has 1 saturated heterocycles. The molecule has 1 aromatic heterocycles. The molecule has 0 unspecified atom stereocenters. The fourth-order valence-corrected chi connectivity index (χ4v) is 4.38. The van der Waals surface area contributed by atoms with Crippen molar-refractivity contribution in [2.75, 3.05) is 19.7 Å². The van der Waals surface area contributed by atoms with Crippen LogP contribution in [0.15, 0.2) is 47.2 Å². The van der Waals surface area contributed by atoms with E-state index in [1.807, 2.05) is 35.2 Å². The highest BCUT2D eigenvalue weighted by Crippen LogP contribution is 2.32. The molecular weight excluding hydrogens is 372 g/mol. The number of hydrogen-bond donors (Lipinski definition) is 0. The van der Waals surface area contributed by atoms with Gasteiger partial charge in [0.05, 0.1) is 0 Å².